The van der Waals surface area contributed by atoms with Crippen LogP contribution in [0.4, 0.5) is 0 Å². The highest BCUT2D eigenvalue weighted by Gasteiger charge is 2.46. The first-order valence-corrected chi connectivity index (χ1v) is 10.6. The van der Waals surface area contributed by atoms with Crippen LogP contribution in [0, 0.1) is 0 Å². The Labute approximate surface area is 169 Å². The Morgan fingerprint density at radius 3 is 1.90 bits per heavy atom. The zero-order valence-corrected chi connectivity index (χ0v) is 16.3. The first-order valence-electron chi connectivity index (χ1n) is 9.13. The molecule has 1 atom stereocenters. The highest BCUT2D eigenvalue weighted by atomic mass is 32.2. The van der Waals surface area contributed by atoms with Crippen LogP contribution in [0.25, 0.3) is 0 Å². The predicted molar refractivity (Wildman–Crippen MR) is 109 cm³/mol. The van der Waals surface area contributed by atoms with Crippen LogP contribution in [0.2, 0.25) is 0 Å². The van der Waals surface area contributed by atoms with Crippen LogP contribution in [-0.2, 0) is 21.2 Å². The van der Waals surface area contributed by atoms with Gasteiger partial charge in [-0.05, 0) is 23.3 Å². The summed E-state index contributed by atoms with van der Waals surface area (Å²) in [5.41, 5.74) is 1.46. The van der Waals surface area contributed by atoms with E-state index in [1.807, 2.05) is 36.4 Å². The Balaban J connectivity index is 1.86. The van der Waals surface area contributed by atoms with Crippen LogP contribution in [0.15, 0.2) is 107 Å². The van der Waals surface area contributed by atoms with E-state index in [0.717, 1.165) is 5.56 Å². The van der Waals surface area contributed by atoms with Gasteiger partial charge in [-0.3, -0.25) is 4.79 Å². The number of carbonyl (C=O) groups excluding carboxylic acids is 1. The van der Waals surface area contributed by atoms with Crippen molar-refractivity contribution in [3.63, 3.8) is 0 Å². The molecule has 6 heteroatoms. The maximum Gasteiger partial charge on any atom is 0.290 e. The number of aliphatic hydroxyl groups is 1. The molecule has 0 aromatic heterocycles. The number of amides is 1. The van der Waals surface area contributed by atoms with E-state index in [1.54, 1.807) is 42.5 Å². The number of nitrogens with zero attached hydrogens (tertiary/aromatic N) is 1. The Hall–Kier alpha value is -3.38. The highest BCUT2D eigenvalue weighted by Crippen LogP contribution is 2.43. The number of hydrogen-bond acceptors (Lipinski definition) is 4. The molecule has 1 aliphatic heterocycles. The van der Waals surface area contributed by atoms with Crippen LogP contribution in [0.1, 0.15) is 17.2 Å². The molecule has 1 amide bonds. The van der Waals surface area contributed by atoms with Gasteiger partial charge in [0.25, 0.3) is 5.91 Å². The average molecular weight is 405 g/mol. The van der Waals surface area contributed by atoms with E-state index in [9.17, 15) is 18.3 Å². The van der Waals surface area contributed by atoms with Crippen LogP contribution >= 0.6 is 0 Å². The third kappa shape index (κ3) is 3.43. The van der Waals surface area contributed by atoms with E-state index >= 15 is 0 Å². The number of hydrogen-bond donors (Lipinski definition) is 1. The number of rotatable bonds is 5. The zero-order chi connectivity index (χ0) is 20.4. The Bertz CT molecular complexity index is 1160. The maximum atomic E-state index is 13.4. The van der Waals surface area contributed by atoms with Gasteiger partial charge in [0.2, 0.25) is 9.84 Å². The van der Waals surface area contributed by atoms with Gasteiger partial charge in [0.1, 0.15) is 4.91 Å². The molecule has 0 saturated heterocycles. The minimum absolute atomic E-state index is 0.0387. The Morgan fingerprint density at radius 2 is 1.31 bits per heavy atom. The molecule has 0 fully saturated rings. The fraction of sp³-hybridized carbons (Fsp3) is 0.0870. The van der Waals surface area contributed by atoms with E-state index in [4.69, 9.17) is 0 Å². The topological polar surface area (TPSA) is 74.7 Å². The van der Waals surface area contributed by atoms with Crippen LogP contribution in [-0.4, -0.2) is 24.3 Å². The van der Waals surface area contributed by atoms with Crippen LogP contribution in [0.5, 0.6) is 0 Å². The summed E-state index contributed by atoms with van der Waals surface area (Å²) >= 11 is 0. The third-order valence-corrected chi connectivity index (χ3v) is 6.80. The van der Waals surface area contributed by atoms with Gasteiger partial charge in [-0.15, -0.1) is 0 Å². The molecule has 4 rings (SSSR count). The normalized spacial score (nSPS) is 17.0. The Kier molecular flexibility index (Phi) is 4.94. The van der Waals surface area contributed by atoms with Gasteiger partial charge in [0.05, 0.1) is 10.9 Å². The smallest absolute Gasteiger partial charge is 0.290 e. The fourth-order valence-electron chi connectivity index (χ4n) is 3.54. The minimum Gasteiger partial charge on any atom is -0.502 e. The standard InChI is InChI=1S/C23H19NO4S/c25-21-22(29(27,28)19-14-8-3-9-15-19)20(18-12-6-2-7-13-18)24(23(21)26)16-17-10-4-1-5-11-17/h1-15,20,25H,16H2/t20-/m0/s1. The van der Waals surface area contributed by atoms with E-state index in [2.05, 4.69) is 0 Å². The summed E-state index contributed by atoms with van der Waals surface area (Å²) < 4.78 is 26.8. The molecule has 0 unspecified atom stereocenters. The van der Waals surface area contributed by atoms with Crippen molar-refractivity contribution in [3.8, 4) is 0 Å². The second-order valence-electron chi connectivity index (χ2n) is 6.76. The lowest BCUT2D eigenvalue weighted by atomic mass is 10.1. The second-order valence-corrected chi connectivity index (χ2v) is 8.68. The van der Waals surface area contributed by atoms with E-state index in [1.165, 1.54) is 17.0 Å². The first-order chi connectivity index (χ1) is 14.0. The molecule has 0 spiro atoms. The molecular weight excluding hydrogens is 386 g/mol. The van der Waals surface area contributed by atoms with E-state index < -0.39 is 27.5 Å². The van der Waals surface area contributed by atoms with Crippen molar-refractivity contribution in [3.05, 3.63) is 113 Å². The van der Waals surface area contributed by atoms with Crippen LogP contribution < -0.4 is 0 Å². The zero-order valence-electron chi connectivity index (χ0n) is 15.5. The molecule has 0 bridgehead atoms. The molecule has 1 N–H and O–H groups in total. The third-order valence-electron chi connectivity index (χ3n) is 4.91. The summed E-state index contributed by atoms with van der Waals surface area (Å²) in [6.45, 7) is 0.178. The van der Waals surface area contributed by atoms with Gasteiger partial charge in [0, 0.05) is 6.54 Å². The lowest BCUT2D eigenvalue weighted by molar-refractivity contribution is -0.130. The number of carbonyl (C=O) groups is 1. The van der Waals surface area contributed by atoms with Gasteiger partial charge in [-0.1, -0.05) is 78.9 Å². The van der Waals surface area contributed by atoms with Gasteiger partial charge in [0.15, 0.2) is 5.76 Å². The molecule has 1 aliphatic rings. The van der Waals surface area contributed by atoms with Gasteiger partial charge in [-0.25, -0.2) is 8.42 Å². The lowest BCUT2D eigenvalue weighted by Crippen LogP contribution is -2.30. The lowest BCUT2D eigenvalue weighted by Gasteiger charge is -2.27. The van der Waals surface area contributed by atoms with Gasteiger partial charge >= 0.3 is 0 Å². The second kappa shape index (κ2) is 7.56. The summed E-state index contributed by atoms with van der Waals surface area (Å²) in [4.78, 5) is 14.1. The summed E-state index contributed by atoms with van der Waals surface area (Å²) in [6.07, 6.45) is 0. The van der Waals surface area contributed by atoms with Crippen molar-refractivity contribution in [2.24, 2.45) is 0 Å². The first kappa shape index (κ1) is 19.0. The van der Waals surface area contributed by atoms with E-state index in [0.29, 0.717) is 5.56 Å². The summed E-state index contributed by atoms with van der Waals surface area (Å²) in [6, 6.07) is 25.1. The largest absolute Gasteiger partial charge is 0.502 e. The van der Waals surface area contributed by atoms with Crippen LogP contribution in [0.3, 0.4) is 0 Å². The molecule has 146 valence electrons. The maximum absolute atomic E-state index is 13.4. The summed E-state index contributed by atoms with van der Waals surface area (Å²) in [7, 11) is -4.08. The molecule has 0 aliphatic carbocycles. The fourth-order valence-corrected chi connectivity index (χ4v) is 5.21. The number of aliphatic hydroxyl groups excluding tert-OH is 1. The molecule has 3 aromatic carbocycles. The molecule has 0 saturated carbocycles. The van der Waals surface area contributed by atoms with Crippen molar-refractivity contribution in [2.75, 3.05) is 0 Å². The highest BCUT2D eigenvalue weighted by molar-refractivity contribution is 7.95. The molecule has 5 nitrogen and oxygen atoms in total. The predicted octanol–water partition coefficient (Wildman–Crippen LogP) is 4.01. The molecule has 29 heavy (non-hydrogen) atoms. The SMILES string of the molecule is O=C1C(O)=C(S(=O)(=O)c2ccccc2)[C@H](c2ccccc2)N1Cc1ccccc1. The van der Waals surface area contributed by atoms with Gasteiger partial charge < -0.3 is 10.0 Å². The van der Waals surface area contributed by atoms with Crippen molar-refractivity contribution in [1.82, 2.24) is 4.90 Å². The quantitative estimate of drug-likeness (QED) is 0.696. The molecular formula is C23H19NO4S. The Morgan fingerprint density at radius 1 is 0.793 bits per heavy atom. The van der Waals surface area contributed by atoms with Crippen molar-refractivity contribution >= 4 is 15.7 Å². The van der Waals surface area contributed by atoms with Crippen molar-refractivity contribution in [2.45, 2.75) is 17.5 Å². The van der Waals surface area contributed by atoms with Gasteiger partial charge in [-0.2, -0.15) is 0 Å². The minimum atomic E-state index is -4.08. The van der Waals surface area contributed by atoms with Crippen molar-refractivity contribution in [1.29, 1.82) is 0 Å². The summed E-state index contributed by atoms with van der Waals surface area (Å²) in [5.74, 6) is -1.42. The van der Waals surface area contributed by atoms with E-state index in [-0.39, 0.29) is 16.3 Å². The molecule has 0 radical (unpaired) electrons. The summed E-state index contributed by atoms with van der Waals surface area (Å²) in [5, 5.41) is 10.6. The monoisotopic (exact) mass is 405 g/mol. The average Bonchev–Trinajstić information content (AvgIpc) is 3.01. The number of benzene rings is 3. The number of sulfone groups is 1. The molecule has 1 heterocycles. The van der Waals surface area contributed by atoms with Crippen molar-refractivity contribution < 1.29 is 18.3 Å². The molecule has 3 aromatic rings.